The first-order chi connectivity index (χ1) is 14.7. The molecule has 30 heavy (non-hydrogen) atoms. The monoisotopic (exact) mass is 423 g/mol. The Morgan fingerprint density at radius 1 is 1.07 bits per heavy atom. The Morgan fingerprint density at radius 3 is 2.60 bits per heavy atom. The molecule has 1 aliphatic rings. The van der Waals surface area contributed by atoms with E-state index in [4.69, 9.17) is 16.3 Å². The van der Waals surface area contributed by atoms with Crippen LogP contribution in [0.1, 0.15) is 0 Å². The number of piperazine rings is 1. The van der Waals surface area contributed by atoms with Crippen molar-refractivity contribution in [2.24, 2.45) is 0 Å². The number of benzene rings is 2. The van der Waals surface area contributed by atoms with Gasteiger partial charge in [-0.2, -0.15) is 0 Å². The van der Waals surface area contributed by atoms with Crippen LogP contribution in [0.25, 0.3) is 32.9 Å². The summed E-state index contributed by atoms with van der Waals surface area (Å²) in [5.74, 6) is 0.406. The highest BCUT2D eigenvalue weighted by Crippen LogP contribution is 2.39. The lowest BCUT2D eigenvalue weighted by Gasteiger charge is -2.29. The van der Waals surface area contributed by atoms with E-state index < -0.39 is 5.82 Å². The van der Waals surface area contributed by atoms with E-state index in [-0.39, 0.29) is 11.2 Å². The molecule has 1 N–H and O–H groups in total. The predicted octanol–water partition coefficient (Wildman–Crippen LogP) is 4.06. The molecule has 1 fully saturated rings. The first-order valence-corrected chi connectivity index (χ1v) is 10.1. The number of anilines is 1. The Kier molecular flexibility index (Phi) is 4.84. The molecule has 1 aliphatic heterocycles. The highest BCUT2D eigenvalue weighted by Gasteiger charge is 2.25. The van der Waals surface area contributed by atoms with Crippen LogP contribution in [0.2, 0.25) is 5.02 Å². The summed E-state index contributed by atoms with van der Waals surface area (Å²) in [6.07, 6.45) is 1.39. The van der Waals surface area contributed by atoms with Crippen LogP contribution in [0.5, 0.6) is 5.88 Å². The number of nitrogens with one attached hydrogen (secondary N) is 1. The van der Waals surface area contributed by atoms with Crippen molar-refractivity contribution in [2.75, 3.05) is 38.2 Å². The van der Waals surface area contributed by atoms with Crippen LogP contribution >= 0.6 is 11.6 Å². The molecular formula is C22H19ClFN5O. The van der Waals surface area contributed by atoms with E-state index in [0.717, 1.165) is 37.0 Å². The molecule has 1 saturated heterocycles. The summed E-state index contributed by atoms with van der Waals surface area (Å²) < 4.78 is 21.4. The minimum absolute atomic E-state index is 0.156. The Bertz CT molecular complexity index is 1250. The largest absolute Gasteiger partial charge is 0.480 e. The average Bonchev–Trinajstić information content (AvgIpc) is 2.80. The zero-order chi connectivity index (χ0) is 20.7. The first-order valence-electron chi connectivity index (χ1n) is 9.70. The van der Waals surface area contributed by atoms with E-state index in [1.807, 2.05) is 30.3 Å². The van der Waals surface area contributed by atoms with Gasteiger partial charge in [0.1, 0.15) is 28.7 Å². The van der Waals surface area contributed by atoms with Gasteiger partial charge in [-0.3, -0.25) is 0 Å². The van der Waals surface area contributed by atoms with E-state index in [2.05, 4.69) is 25.2 Å². The maximum atomic E-state index is 15.8. The lowest BCUT2D eigenvalue weighted by Crippen LogP contribution is -2.44. The van der Waals surface area contributed by atoms with E-state index in [0.29, 0.717) is 27.7 Å². The second-order valence-corrected chi connectivity index (χ2v) is 7.49. The fourth-order valence-corrected chi connectivity index (χ4v) is 4.28. The second kappa shape index (κ2) is 7.66. The molecule has 3 heterocycles. The predicted molar refractivity (Wildman–Crippen MR) is 117 cm³/mol. The number of hydrogen-bond acceptors (Lipinski definition) is 6. The molecule has 0 spiro atoms. The van der Waals surface area contributed by atoms with Crippen LogP contribution in [0.3, 0.4) is 0 Å². The van der Waals surface area contributed by atoms with Gasteiger partial charge in [-0.15, -0.1) is 0 Å². The number of rotatable bonds is 3. The average molecular weight is 424 g/mol. The Hall–Kier alpha value is -3.03. The summed E-state index contributed by atoms with van der Waals surface area (Å²) in [5.41, 5.74) is 0.936. The van der Waals surface area contributed by atoms with Gasteiger partial charge in [0.15, 0.2) is 5.82 Å². The third-order valence-corrected chi connectivity index (χ3v) is 5.70. The molecule has 152 valence electrons. The van der Waals surface area contributed by atoms with Crippen molar-refractivity contribution in [1.82, 2.24) is 20.3 Å². The summed E-state index contributed by atoms with van der Waals surface area (Å²) in [6, 6.07) is 11.2. The van der Waals surface area contributed by atoms with Gasteiger partial charge in [-0.25, -0.2) is 19.3 Å². The van der Waals surface area contributed by atoms with Gasteiger partial charge in [-0.05, 0) is 11.5 Å². The van der Waals surface area contributed by atoms with Crippen molar-refractivity contribution >= 4 is 39.1 Å². The zero-order valence-corrected chi connectivity index (χ0v) is 17.1. The van der Waals surface area contributed by atoms with Gasteiger partial charge >= 0.3 is 0 Å². The molecular weight excluding hydrogens is 405 g/mol. The van der Waals surface area contributed by atoms with Crippen molar-refractivity contribution in [2.45, 2.75) is 0 Å². The minimum atomic E-state index is -0.517. The van der Waals surface area contributed by atoms with Crippen LogP contribution in [0.15, 0.2) is 42.7 Å². The zero-order valence-electron chi connectivity index (χ0n) is 16.3. The van der Waals surface area contributed by atoms with Crippen molar-refractivity contribution in [1.29, 1.82) is 0 Å². The molecule has 0 aliphatic carbocycles. The molecule has 2 aromatic heterocycles. The second-order valence-electron chi connectivity index (χ2n) is 7.09. The van der Waals surface area contributed by atoms with Crippen LogP contribution in [0, 0.1) is 5.82 Å². The quantitative estimate of drug-likeness (QED) is 0.536. The van der Waals surface area contributed by atoms with Gasteiger partial charge in [0.25, 0.3) is 0 Å². The van der Waals surface area contributed by atoms with Gasteiger partial charge in [-0.1, -0.05) is 41.9 Å². The van der Waals surface area contributed by atoms with Crippen LogP contribution in [-0.4, -0.2) is 48.2 Å². The number of fused-ring (bicyclic) bond motifs is 2. The SMILES string of the molecule is COc1nc(-c2cccc3cccc(Cl)c23)c(F)c2ncnc(N3CCNCC3)c12. The molecule has 5 rings (SSSR count). The number of methoxy groups -OCH3 is 1. The van der Waals surface area contributed by atoms with Gasteiger partial charge in [0.05, 0.1) is 7.11 Å². The molecule has 0 radical (unpaired) electrons. The normalized spacial score (nSPS) is 14.4. The molecule has 0 amide bonds. The summed E-state index contributed by atoms with van der Waals surface area (Å²) in [4.78, 5) is 15.3. The van der Waals surface area contributed by atoms with Crippen molar-refractivity contribution in [3.8, 4) is 17.1 Å². The van der Waals surface area contributed by atoms with Gasteiger partial charge < -0.3 is 15.0 Å². The first kappa shape index (κ1) is 19.0. The molecule has 4 aromatic rings. The van der Waals surface area contributed by atoms with E-state index in [1.165, 1.54) is 13.4 Å². The Labute approximate surface area is 177 Å². The smallest absolute Gasteiger partial charge is 0.227 e. The molecule has 0 saturated carbocycles. The lowest BCUT2D eigenvalue weighted by molar-refractivity contribution is 0.402. The molecule has 0 bridgehead atoms. The molecule has 0 atom stereocenters. The van der Waals surface area contributed by atoms with Crippen molar-refractivity contribution < 1.29 is 9.13 Å². The maximum absolute atomic E-state index is 15.8. The fourth-order valence-electron chi connectivity index (χ4n) is 3.99. The summed E-state index contributed by atoms with van der Waals surface area (Å²) in [5, 5.41) is 5.97. The Balaban J connectivity index is 1.80. The topological polar surface area (TPSA) is 63.2 Å². The van der Waals surface area contributed by atoms with Crippen LogP contribution < -0.4 is 15.0 Å². The maximum Gasteiger partial charge on any atom is 0.227 e. The molecule has 8 heteroatoms. The van der Waals surface area contributed by atoms with Gasteiger partial charge in [0, 0.05) is 42.2 Å². The molecule has 0 unspecified atom stereocenters. The van der Waals surface area contributed by atoms with Crippen molar-refractivity contribution in [3.05, 3.63) is 53.6 Å². The van der Waals surface area contributed by atoms with E-state index in [9.17, 15) is 0 Å². The van der Waals surface area contributed by atoms with Crippen LogP contribution in [-0.2, 0) is 0 Å². The highest BCUT2D eigenvalue weighted by molar-refractivity contribution is 6.36. The van der Waals surface area contributed by atoms with Gasteiger partial charge in [0.2, 0.25) is 5.88 Å². The number of nitrogens with zero attached hydrogens (tertiary/aromatic N) is 4. The van der Waals surface area contributed by atoms with Crippen LogP contribution in [0.4, 0.5) is 10.2 Å². The standard InChI is InChI=1S/C22H19ClFN5O/c1-30-22-17-20(26-12-27-21(17)29-10-8-25-9-11-29)18(24)19(28-22)14-6-2-4-13-5-3-7-15(23)16(13)14/h2-7,12,25H,8-11H2,1H3. The number of hydrogen-bond donors (Lipinski definition) is 1. The third-order valence-electron chi connectivity index (χ3n) is 5.39. The lowest BCUT2D eigenvalue weighted by atomic mass is 10.0. The number of pyridine rings is 1. The number of halogens is 2. The molecule has 2 aromatic carbocycles. The highest BCUT2D eigenvalue weighted by atomic mass is 35.5. The van der Waals surface area contributed by atoms with E-state index >= 15 is 4.39 Å². The summed E-state index contributed by atoms with van der Waals surface area (Å²) in [6.45, 7) is 3.18. The minimum Gasteiger partial charge on any atom is -0.480 e. The van der Waals surface area contributed by atoms with Crippen molar-refractivity contribution in [3.63, 3.8) is 0 Å². The summed E-state index contributed by atoms with van der Waals surface area (Å²) >= 11 is 6.46. The summed E-state index contributed by atoms with van der Waals surface area (Å²) in [7, 11) is 1.52. The number of aromatic nitrogens is 3. The number of ether oxygens (including phenoxy) is 1. The third kappa shape index (κ3) is 3.02. The molecule has 6 nitrogen and oxygen atoms in total. The Morgan fingerprint density at radius 2 is 1.83 bits per heavy atom. The fraction of sp³-hybridized carbons (Fsp3) is 0.227. The van der Waals surface area contributed by atoms with E-state index in [1.54, 1.807) is 6.07 Å².